The van der Waals surface area contributed by atoms with Crippen LogP contribution in [0.1, 0.15) is 44.7 Å². The number of hydrogen-bond donors (Lipinski definition) is 3. The highest BCUT2D eigenvalue weighted by atomic mass is 127. The third-order valence-electron chi connectivity index (χ3n) is 3.86. The molecule has 0 bridgehead atoms. The van der Waals surface area contributed by atoms with E-state index in [0.717, 1.165) is 42.4 Å². The van der Waals surface area contributed by atoms with Crippen LogP contribution < -0.4 is 10.6 Å². The molecule has 1 aromatic carbocycles. The number of aliphatic hydroxyl groups is 1. The number of hydrogen-bond acceptors (Lipinski definition) is 2. The van der Waals surface area contributed by atoms with E-state index in [2.05, 4.69) is 22.5 Å². The second kappa shape index (κ2) is 8.93. The van der Waals surface area contributed by atoms with E-state index in [0.29, 0.717) is 6.54 Å². The van der Waals surface area contributed by atoms with Crippen LogP contribution in [0.5, 0.6) is 0 Å². The van der Waals surface area contributed by atoms with Gasteiger partial charge in [-0.25, -0.2) is 0 Å². The van der Waals surface area contributed by atoms with Gasteiger partial charge in [0.25, 0.3) is 0 Å². The van der Waals surface area contributed by atoms with Crippen LogP contribution in [0.15, 0.2) is 29.3 Å². The van der Waals surface area contributed by atoms with Gasteiger partial charge in [0, 0.05) is 11.6 Å². The van der Waals surface area contributed by atoms with Crippen molar-refractivity contribution in [1.29, 1.82) is 0 Å². The Hall–Kier alpha value is -0.530. The second-order valence-corrected chi connectivity index (χ2v) is 6.13. The highest BCUT2D eigenvalue weighted by Crippen LogP contribution is 2.31. The molecule has 1 aliphatic carbocycles. The number of rotatable bonds is 5. The monoisotopic (exact) mass is 437 g/mol. The maximum absolute atomic E-state index is 10.1. The van der Waals surface area contributed by atoms with Crippen LogP contribution in [0.4, 0.5) is 0 Å². The summed E-state index contributed by atoms with van der Waals surface area (Å²) in [5.41, 5.74) is 0.511. The summed E-state index contributed by atoms with van der Waals surface area (Å²) in [4.78, 5) is 4.51. The van der Waals surface area contributed by atoms with Gasteiger partial charge in [0.15, 0.2) is 5.96 Å². The van der Waals surface area contributed by atoms with Crippen molar-refractivity contribution in [1.82, 2.24) is 10.6 Å². The summed E-state index contributed by atoms with van der Waals surface area (Å²) in [5, 5.41) is 17.4. The first-order chi connectivity index (χ1) is 10.0. The molecule has 1 atom stereocenters. The fourth-order valence-electron chi connectivity index (χ4n) is 2.35. The Morgan fingerprint density at radius 2 is 2.18 bits per heavy atom. The first-order valence-electron chi connectivity index (χ1n) is 7.55. The van der Waals surface area contributed by atoms with Gasteiger partial charge in [-0.2, -0.15) is 0 Å². The van der Waals surface area contributed by atoms with Crippen molar-refractivity contribution in [3.05, 3.63) is 34.9 Å². The van der Waals surface area contributed by atoms with Crippen molar-refractivity contribution >= 4 is 41.5 Å². The number of halogens is 2. The van der Waals surface area contributed by atoms with Gasteiger partial charge in [-0.3, -0.25) is 4.99 Å². The minimum atomic E-state index is -0.596. The van der Waals surface area contributed by atoms with Gasteiger partial charge in [-0.15, -0.1) is 24.0 Å². The molecule has 1 saturated carbocycles. The fraction of sp³-hybridized carbons (Fsp3) is 0.562. The predicted molar refractivity (Wildman–Crippen MR) is 103 cm³/mol. The largest absolute Gasteiger partial charge is 0.388 e. The molecule has 1 fully saturated rings. The molecule has 0 saturated heterocycles. The SMILES string of the molecule is CCNC(=NCC1(O)CCC1)NC(C)c1cccc(Cl)c1.I. The molecule has 124 valence electrons. The summed E-state index contributed by atoms with van der Waals surface area (Å²) < 4.78 is 0. The maximum atomic E-state index is 10.1. The van der Waals surface area contributed by atoms with Crippen LogP contribution in [0, 0.1) is 0 Å². The highest BCUT2D eigenvalue weighted by molar-refractivity contribution is 14.0. The topological polar surface area (TPSA) is 56.7 Å². The summed E-state index contributed by atoms with van der Waals surface area (Å²) in [7, 11) is 0. The Kier molecular flexibility index (Phi) is 7.93. The lowest BCUT2D eigenvalue weighted by atomic mass is 9.80. The van der Waals surface area contributed by atoms with E-state index in [4.69, 9.17) is 11.6 Å². The molecular weight excluding hydrogens is 413 g/mol. The van der Waals surface area contributed by atoms with Crippen LogP contribution in [-0.4, -0.2) is 29.8 Å². The molecule has 0 amide bonds. The Labute approximate surface area is 154 Å². The van der Waals surface area contributed by atoms with Gasteiger partial charge >= 0.3 is 0 Å². The zero-order chi connectivity index (χ0) is 15.3. The summed E-state index contributed by atoms with van der Waals surface area (Å²) >= 11 is 6.03. The standard InChI is InChI=1S/C16H24ClN3O.HI/c1-3-18-15(19-11-16(21)8-5-9-16)20-12(2)13-6-4-7-14(17)10-13;/h4,6-7,10,12,21H,3,5,8-9,11H2,1-2H3,(H2,18,19,20);1H. The molecule has 22 heavy (non-hydrogen) atoms. The van der Waals surface area contributed by atoms with Crippen LogP contribution in [0.3, 0.4) is 0 Å². The number of aliphatic imine (C=N–C) groups is 1. The van der Waals surface area contributed by atoms with Crippen molar-refractivity contribution in [3.63, 3.8) is 0 Å². The van der Waals surface area contributed by atoms with E-state index in [9.17, 15) is 5.11 Å². The zero-order valence-corrected chi connectivity index (χ0v) is 16.2. The van der Waals surface area contributed by atoms with Crippen LogP contribution in [0.25, 0.3) is 0 Å². The Morgan fingerprint density at radius 3 is 2.73 bits per heavy atom. The van der Waals surface area contributed by atoms with Gasteiger partial charge < -0.3 is 15.7 Å². The van der Waals surface area contributed by atoms with Crippen LogP contribution in [0.2, 0.25) is 5.02 Å². The lowest BCUT2D eigenvalue weighted by Gasteiger charge is -2.35. The zero-order valence-electron chi connectivity index (χ0n) is 13.1. The summed E-state index contributed by atoms with van der Waals surface area (Å²) in [6.07, 6.45) is 2.79. The van der Waals surface area contributed by atoms with Crippen molar-refractivity contribution in [2.75, 3.05) is 13.1 Å². The molecule has 0 aromatic heterocycles. The third-order valence-corrected chi connectivity index (χ3v) is 4.10. The van der Waals surface area contributed by atoms with E-state index in [1.54, 1.807) is 0 Å². The average Bonchev–Trinajstić information content (AvgIpc) is 2.43. The number of nitrogens with zero attached hydrogens (tertiary/aromatic N) is 1. The number of guanidine groups is 1. The molecule has 4 nitrogen and oxygen atoms in total. The Bertz CT molecular complexity index is 506. The number of nitrogens with one attached hydrogen (secondary N) is 2. The molecule has 1 aliphatic rings. The van der Waals surface area contributed by atoms with E-state index in [-0.39, 0.29) is 30.0 Å². The molecular formula is C16H25ClIN3O. The second-order valence-electron chi connectivity index (χ2n) is 5.69. The molecule has 0 heterocycles. The predicted octanol–water partition coefficient (Wildman–Crippen LogP) is 3.49. The molecule has 3 N–H and O–H groups in total. The van der Waals surface area contributed by atoms with Crippen molar-refractivity contribution < 1.29 is 5.11 Å². The van der Waals surface area contributed by atoms with Crippen molar-refractivity contribution in [2.45, 2.75) is 44.8 Å². The van der Waals surface area contributed by atoms with Crippen LogP contribution >= 0.6 is 35.6 Å². The number of benzene rings is 1. The van der Waals surface area contributed by atoms with Crippen LogP contribution in [-0.2, 0) is 0 Å². The minimum Gasteiger partial charge on any atom is -0.388 e. The van der Waals surface area contributed by atoms with Crippen molar-refractivity contribution in [3.8, 4) is 0 Å². The third kappa shape index (κ3) is 5.59. The summed E-state index contributed by atoms with van der Waals surface area (Å²) in [5.74, 6) is 0.727. The Morgan fingerprint density at radius 1 is 1.45 bits per heavy atom. The van der Waals surface area contributed by atoms with E-state index in [1.807, 2.05) is 31.2 Å². The molecule has 1 aromatic rings. The van der Waals surface area contributed by atoms with Gasteiger partial charge in [0.05, 0.1) is 18.2 Å². The first kappa shape index (κ1) is 19.5. The molecule has 1 unspecified atom stereocenters. The van der Waals surface area contributed by atoms with Gasteiger partial charge in [-0.1, -0.05) is 23.7 Å². The fourth-order valence-corrected chi connectivity index (χ4v) is 2.55. The Balaban J connectivity index is 0.00000242. The summed E-state index contributed by atoms with van der Waals surface area (Å²) in [6.45, 7) is 5.33. The van der Waals surface area contributed by atoms with Gasteiger partial charge in [0.2, 0.25) is 0 Å². The lowest BCUT2D eigenvalue weighted by molar-refractivity contribution is -0.0236. The molecule has 2 rings (SSSR count). The average molecular weight is 438 g/mol. The molecule has 0 radical (unpaired) electrons. The van der Waals surface area contributed by atoms with Crippen molar-refractivity contribution in [2.24, 2.45) is 4.99 Å². The summed E-state index contributed by atoms with van der Waals surface area (Å²) in [6, 6.07) is 7.88. The molecule has 6 heteroatoms. The van der Waals surface area contributed by atoms with E-state index in [1.165, 1.54) is 0 Å². The van der Waals surface area contributed by atoms with E-state index >= 15 is 0 Å². The molecule has 0 aliphatic heterocycles. The smallest absolute Gasteiger partial charge is 0.191 e. The first-order valence-corrected chi connectivity index (χ1v) is 7.93. The maximum Gasteiger partial charge on any atom is 0.191 e. The molecule has 0 spiro atoms. The minimum absolute atomic E-state index is 0. The quantitative estimate of drug-likeness (QED) is 0.375. The lowest BCUT2D eigenvalue weighted by Crippen LogP contribution is -2.43. The highest BCUT2D eigenvalue weighted by Gasteiger charge is 2.34. The van der Waals surface area contributed by atoms with Gasteiger partial charge in [-0.05, 0) is 50.8 Å². The van der Waals surface area contributed by atoms with E-state index < -0.39 is 5.60 Å². The van der Waals surface area contributed by atoms with Gasteiger partial charge in [0.1, 0.15) is 0 Å². The normalized spacial score (nSPS) is 17.9.